The second-order valence-electron chi connectivity index (χ2n) is 7.21. The van der Waals surface area contributed by atoms with Crippen LogP contribution in [0.1, 0.15) is 44.9 Å². The van der Waals surface area contributed by atoms with Gasteiger partial charge in [0.1, 0.15) is 6.54 Å². The van der Waals surface area contributed by atoms with Crippen molar-refractivity contribution in [2.45, 2.75) is 51.0 Å². The number of unbranched alkanes of at least 4 members (excludes halogenated alkanes) is 3. The number of esters is 1. The van der Waals surface area contributed by atoms with Crippen LogP contribution in [0.25, 0.3) is 0 Å². The zero-order valence-electron chi connectivity index (χ0n) is 16.0. The lowest BCUT2D eigenvalue weighted by Crippen LogP contribution is -2.45. The quantitative estimate of drug-likeness (QED) is 0.214. The van der Waals surface area contributed by atoms with E-state index in [-0.39, 0.29) is 25.2 Å². The lowest BCUT2D eigenvalue weighted by atomic mass is 10.1. The monoisotopic (exact) mass is 369 g/mol. The van der Waals surface area contributed by atoms with Gasteiger partial charge in [-0.1, -0.05) is 30.7 Å². The van der Waals surface area contributed by atoms with E-state index < -0.39 is 18.0 Å². The number of quaternary nitrogens is 1. The normalized spacial score (nSPS) is 13.2. The van der Waals surface area contributed by atoms with E-state index >= 15 is 0 Å². The molecule has 0 aliphatic rings. The molecule has 0 rings (SSSR count). The Kier molecular flexibility index (Phi) is 12.0. The van der Waals surface area contributed by atoms with Gasteiger partial charge in [-0.15, -0.1) is 0 Å². The van der Waals surface area contributed by atoms with Crippen LogP contribution in [0.4, 0.5) is 0 Å². The second-order valence-corrected chi connectivity index (χ2v) is 7.21. The summed E-state index contributed by atoms with van der Waals surface area (Å²) < 4.78 is 5.78. The van der Waals surface area contributed by atoms with Crippen LogP contribution in [0.15, 0.2) is 24.3 Å². The molecule has 1 atom stereocenters. The van der Waals surface area contributed by atoms with Crippen LogP contribution in [-0.4, -0.2) is 61.3 Å². The summed E-state index contributed by atoms with van der Waals surface area (Å²) in [5, 5.41) is 19.3. The van der Waals surface area contributed by atoms with Crippen LogP contribution in [0, 0.1) is 0 Å². The summed E-state index contributed by atoms with van der Waals surface area (Å²) in [4.78, 5) is 33.0. The van der Waals surface area contributed by atoms with E-state index in [1.807, 2.05) is 33.3 Å². The predicted octanol–water partition coefficient (Wildman–Crippen LogP) is 1.28. The van der Waals surface area contributed by atoms with E-state index in [9.17, 15) is 19.5 Å². The molecule has 0 saturated heterocycles. The number of nitrogens with zero attached hydrogens (tertiary/aromatic N) is 1. The summed E-state index contributed by atoms with van der Waals surface area (Å²) in [6.07, 6.45) is 9.67. The number of carboxylic acids is 2. The fourth-order valence-corrected chi connectivity index (χ4v) is 2.32. The molecule has 0 bridgehead atoms. The van der Waals surface area contributed by atoms with Crippen LogP contribution in [0.5, 0.6) is 0 Å². The summed E-state index contributed by atoms with van der Waals surface area (Å²) in [5.41, 5.74) is 0. The number of carbonyl (C=O) groups excluding carboxylic acids is 2. The van der Waals surface area contributed by atoms with Crippen molar-refractivity contribution in [3.8, 4) is 0 Å². The Bertz CT molecular complexity index is 505. The van der Waals surface area contributed by atoms with Gasteiger partial charge in [-0.25, -0.2) is 0 Å². The van der Waals surface area contributed by atoms with Crippen LogP contribution in [0.2, 0.25) is 0 Å². The topological polar surface area (TPSA) is 104 Å². The zero-order valence-corrected chi connectivity index (χ0v) is 16.0. The highest BCUT2D eigenvalue weighted by molar-refractivity contribution is 5.71. The molecule has 0 spiro atoms. The van der Waals surface area contributed by atoms with Crippen molar-refractivity contribution in [2.75, 3.05) is 27.7 Å². The molecule has 0 aliphatic heterocycles. The van der Waals surface area contributed by atoms with E-state index in [0.29, 0.717) is 17.4 Å². The number of ether oxygens (including phenoxy) is 1. The number of allylic oxidation sites excluding steroid dienone is 3. The molecule has 1 N–H and O–H groups in total. The first-order valence-electron chi connectivity index (χ1n) is 8.83. The first-order valence-corrected chi connectivity index (χ1v) is 8.83. The van der Waals surface area contributed by atoms with Crippen molar-refractivity contribution in [3.63, 3.8) is 0 Å². The Morgan fingerprint density at radius 3 is 2.31 bits per heavy atom. The smallest absolute Gasteiger partial charge is 0.307 e. The Hall–Kier alpha value is -2.15. The highest BCUT2D eigenvalue weighted by atomic mass is 16.5. The molecular formula is C19H31NO6. The van der Waals surface area contributed by atoms with Crippen molar-refractivity contribution in [3.05, 3.63) is 24.3 Å². The maximum atomic E-state index is 11.9. The molecule has 0 aromatic carbocycles. The highest BCUT2D eigenvalue weighted by Gasteiger charge is 2.22. The molecule has 26 heavy (non-hydrogen) atoms. The molecule has 148 valence electrons. The number of rotatable bonds is 14. The maximum absolute atomic E-state index is 11.9. The number of likely N-dealkylation sites (N-methyl/N-ethyl adjacent to an activating group) is 1. The number of carboxylic acid groups (broad SMARTS) is 2. The SMILES string of the molecule is C[N+](C)(C)CC(CC(=O)[O-])OC(=O)CCCCC/C=C/C=C/CC(=O)O. The van der Waals surface area contributed by atoms with Gasteiger partial charge >= 0.3 is 11.9 Å². The summed E-state index contributed by atoms with van der Waals surface area (Å²) in [6, 6.07) is 0. The second kappa shape index (κ2) is 13.1. The van der Waals surface area contributed by atoms with Crippen LogP contribution >= 0.6 is 0 Å². The lowest BCUT2D eigenvalue weighted by Gasteiger charge is -2.29. The molecular weight excluding hydrogens is 338 g/mol. The van der Waals surface area contributed by atoms with E-state index in [1.165, 1.54) is 0 Å². The van der Waals surface area contributed by atoms with E-state index in [4.69, 9.17) is 9.84 Å². The van der Waals surface area contributed by atoms with Gasteiger partial charge in [-0.2, -0.15) is 0 Å². The minimum atomic E-state index is -1.22. The van der Waals surface area contributed by atoms with Crippen LogP contribution in [-0.2, 0) is 19.1 Å². The standard InChI is InChI=1S/C19H31NO6/c1-20(2,3)15-16(14-18(23)24)26-19(25)13-11-9-7-5-4-6-8-10-12-17(21)22/h4,6,8,10,16H,5,7,9,11-15H2,1-3H3,(H-,21,22,23,24)/b6-4+,10-8+. The Labute approximate surface area is 155 Å². The van der Waals surface area contributed by atoms with Crippen molar-refractivity contribution < 1.29 is 33.8 Å². The fraction of sp³-hybridized carbons (Fsp3) is 0.632. The van der Waals surface area contributed by atoms with Crippen molar-refractivity contribution in [1.82, 2.24) is 0 Å². The van der Waals surface area contributed by atoms with Gasteiger partial charge in [-0.3, -0.25) is 9.59 Å². The third kappa shape index (κ3) is 16.7. The van der Waals surface area contributed by atoms with Gasteiger partial charge in [0, 0.05) is 18.8 Å². The summed E-state index contributed by atoms with van der Waals surface area (Å²) in [5.74, 6) is -2.46. The predicted molar refractivity (Wildman–Crippen MR) is 96.0 cm³/mol. The van der Waals surface area contributed by atoms with E-state index in [1.54, 1.807) is 12.2 Å². The van der Waals surface area contributed by atoms with Gasteiger partial charge < -0.3 is 24.2 Å². The van der Waals surface area contributed by atoms with E-state index in [0.717, 1.165) is 19.3 Å². The molecule has 0 fully saturated rings. The third-order valence-electron chi connectivity index (χ3n) is 3.37. The minimum absolute atomic E-state index is 0.0134. The molecule has 7 nitrogen and oxygen atoms in total. The summed E-state index contributed by atoms with van der Waals surface area (Å²) in [6.45, 7) is 0.417. The molecule has 7 heteroatoms. The van der Waals surface area contributed by atoms with Gasteiger partial charge in [0.2, 0.25) is 0 Å². The Balaban J connectivity index is 3.95. The molecule has 0 radical (unpaired) electrons. The molecule has 0 aromatic heterocycles. The van der Waals surface area contributed by atoms with Crippen molar-refractivity contribution in [1.29, 1.82) is 0 Å². The van der Waals surface area contributed by atoms with Gasteiger partial charge in [0.15, 0.2) is 6.10 Å². The maximum Gasteiger partial charge on any atom is 0.307 e. The summed E-state index contributed by atoms with van der Waals surface area (Å²) in [7, 11) is 5.71. The van der Waals surface area contributed by atoms with Crippen molar-refractivity contribution >= 4 is 17.9 Å². The average Bonchev–Trinajstić information content (AvgIpc) is 2.46. The lowest BCUT2D eigenvalue weighted by molar-refractivity contribution is -0.873. The van der Waals surface area contributed by atoms with Crippen LogP contribution < -0.4 is 5.11 Å². The van der Waals surface area contributed by atoms with Gasteiger partial charge in [-0.05, 0) is 19.3 Å². The number of aliphatic carboxylic acids is 2. The first-order chi connectivity index (χ1) is 12.1. The largest absolute Gasteiger partial charge is 0.550 e. The molecule has 0 amide bonds. The third-order valence-corrected chi connectivity index (χ3v) is 3.37. The fourth-order valence-electron chi connectivity index (χ4n) is 2.32. The zero-order chi connectivity index (χ0) is 20.0. The van der Waals surface area contributed by atoms with Gasteiger partial charge in [0.25, 0.3) is 0 Å². The highest BCUT2D eigenvalue weighted by Crippen LogP contribution is 2.09. The number of hydrogen-bond donors (Lipinski definition) is 1. The molecule has 0 heterocycles. The molecule has 1 unspecified atom stereocenters. The van der Waals surface area contributed by atoms with Gasteiger partial charge in [0.05, 0.1) is 27.6 Å². The molecule has 0 saturated carbocycles. The minimum Gasteiger partial charge on any atom is -0.550 e. The van der Waals surface area contributed by atoms with Crippen molar-refractivity contribution in [2.24, 2.45) is 0 Å². The molecule has 0 aliphatic carbocycles. The Morgan fingerprint density at radius 1 is 1.08 bits per heavy atom. The Morgan fingerprint density at radius 2 is 1.73 bits per heavy atom. The van der Waals surface area contributed by atoms with E-state index in [2.05, 4.69) is 0 Å². The number of hydrogen-bond acceptors (Lipinski definition) is 5. The summed E-state index contributed by atoms with van der Waals surface area (Å²) >= 11 is 0. The number of carbonyl (C=O) groups is 3. The van der Waals surface area contributed by atoms with Crippen LogP contribution in [0.3, 0.4) is 0 Å². The average molecular weight is 369 g/mol. The molecule has 0 aromatic rings. The first kappa shape index (κ1) is 23.9.